The van der Waals surface area contributed by atoms with E-state index in [-0.39, 0.29) is 6.03 Å². The molecule has 1 N–H and O–H groups in total. The van der Waals surface area contributed by atoms with Gasteiger partial charge in [0, 0.05) is 54.0 Å². The Morgan fingerprint density at radius 1 is 1.04 bits per heavy atom. The fourth-order valence-electron chi connectivity index (χ4n) is 2.92. The molecule has 0 bridgehead atoms. The Bertz CT molecular complexity index is 925. The van der Waals surface area contributed by atoms with Gasteiger partial charge in [-0.1, -0.05) is 48.0 Å². The Kier molecular flexibility index (Phi) is 5.22. The summed E-state index contributed by atoms with van der Waals surface area (Å²) in [7, 11) is 0. The number of hydrogen-bond acceptors (Lipinski definition) is 5. The molecule has 2 aromatic carbocycles. The summed E-state index contributed by atoms with van der Waals surface area (Å²) >= 11 is 7.36. The molecule has 0 radical (unpaired) electrons. The quantitative estimate of drug-likeness (QED) is 0.716. The lowest BCUT2D eigenvalue weighted by Crippen LogP contribution is -2.50. The summed E-state index contributed by atoms with van der Waals surface area (Å²) in [5, 5.41) is 4.38. The van der Waals surface area contributed by atoms with E-state index in [0.717, 1.165) is 29.6 Å². The maximum atomic E-state index is 12.4. The van der Waals surface area contributed by atoms with E-state index in [1.54, 1.807) is 17.0 Å². The molecule has 1 aromatic heterocycles. The highest BCUT2D eigenvalue weighted by atomic mass is 35.5. The minimum Gasteiger partial charge on any atom is -0.343 e. The van der Waals surface area contributed by atoms with Crippen LogP contribution in [-0.2, 0) is 0 Å². The molecule has 0 spiro atoms. The standard InChI is InChI=1S/C19H18ClN5OS/c20-15-7-4-8-16(13-15)21-18(26)24-9-11-25(12-10-24)19-22-17(23-27-19)14-5-2-1-3-6-14/h1-8,13H,9-12H2,(H,21,26). The molecule has 138 valence electrons. The van der Waals surface area contributed by atoms with Crippen molar-refractivity contribution in [1.29, 1.82) is 0 Å². The van der Waals surface area contributed by atoms with Gasteiger partial charge in [0.05, 0.1) is 0 Å². The number of urea groups is 1. The minimum absolute atomic E-state index is 0.112. The minimum atomic E-state index is -0.112. The number of carbonyl (C=O) groups is 1. The number of piperazine rings is 1. The first-order chi connectivity index (χ1) is 13.2. The molecule has 8 heteroatoms. The summed E-state index contributed by atoms with van der Waals surface area (Å²) in [6.45, 7) is 2.72. The highest BCUT2D eigenvalue weighted by Crippen LogP contribution is 2.25. The molecule has 2 heterocycles. The molecule has 0 atom stereocenters. The van der Waals surface area contributed by atoms with Crippen molar-refractivity contribution < 1.29 is 4.79 Å². The predicted molar refractivity (Wildman–Crippen MR) is 110 cm³/mol. The zero-order valence-electron chi connectivity index (χ0n) is 14.5. The molecule has 3 aromatic rings. The summed E-state index contributed by atoms with van der Waals surface area (Å²) in [5.74, 6) is 0.747. The predicted octanol–water partition coefficient (Wildman–Crippen LogP) is 4.21. The van der Waals surface area contributed by atoms with Crippen molar-refractivity contribution in [2.45, 2.75) is 0 Å². The van der Waals surface area contributed by atoms with E-state index in [2.05, 4.69) is 19.6 Å². The Labute approximate surface area is 166 Å². The number of aromatic nitrogens is 2. The first-order valence-corrected chi connectivity index (χ1v) is 9.80. The van der Waals surface area contributed by atoms with Crippen LogP contribution in [0.3, 0.4) is 0 Å². The van der Waals surface area contributed by atoms with Gasteiger partial charge in [-0.05, 0) is 18.2 Å². The number of rotatable bonds is 3. The van der Waals surface area contributed by atoms with E-state index < -0.39 is 0 Å². The van der Waals surface area contributed by atoms with Crippen molar-refractivity contribution in [2.24, 2.45) is 0 Å². The molecule has 0 unspecified atom stereocenters. The lowest BCUT2D eigenvalue weighted by atomic mass is 10.2. The Balaban J connectivity index is 1.35. The number of halogens is 1. The molecular formula is C19H18ClN5OS. The lowest BCUT2D eigenvalue weighted by Gasteiger charge is -2.34. The zero-order valence-corrected chi connectivity index (χ0v) is 16.1. The summed E-state index contributed by atoms with van der Waals surface area (Å²) in [5.41, 5.74) is 1.71. The average Bonchev–Trinajstić information content (AvgIpc) is 3.19. The van der Waals surface area contributed by atoms with Crippen LogP contribution in [-0.4, -0.2) is 46.5 Å². The number of benzene rings is 2. The molecule has 1 fully saturated rings. The third kappa shape index (κ3) is 4.20. The summed E-state index contributed by atoms with van der Waals surface area (Å²) in [4.78, 5) is 21.1. The molecule has 1 aliphatic rings. The molecule has 4 rings (SSSR count). The fourth-order valence-corrected chi connectivity index (χ4v) is 3.85. The van der Waals surface area contributed by atoms with Gasteiger partial charge in [0.2, 0.25) is 5.13 Å². The summed E-state index contributed by atoms with van der Waals surface area (Å²) < 4.78 is 4.46. The van der Waals surface area contributed by atoms with Crippen LogP contribution in [0.2, 0.25) is 5.02 Å². The molecule has 2 amide bonds. The van der Waals surface area contributed by atoms with E-state index in [0.29, 0.717) is 23.8 Å². The normalized spacial score (nSPS) is 14.3. The summed E-state index contributed by atoms with van der Waals surface area (Å²) in [6, 6.07) is 17.0. The maximum Gasteiger partial charge on any atom is 0.321 e. The van der Waals surface area contributed by atoms with Gasteiger partial charge in [-0.25, -0.2) is 4.79 Å². The van der Waals surface area contributed by atoms with Gasteiger partial charge < -0.3 is 15.1 Å². The number of anilines is 2. The molecule has 0 saturated carbocycles. The van der Waals surface area contributed by atoms with Gasteiger partial charge in [0.25, 0.3) is 0 Å². The van der Waals surface area contributed by atoms with E-state index in [9.17, 15) is 4.79 Å². The van der Waals surface area contributed by atoms with Crippen LogP contribution in [0, 0.1) is 0 Å². The van der Waals surface area contributed by atoms with Gasteiger partial charge in [-0.2, -0.15) is 9.36 Å². The number of nitrogens with one attached hydrogen (secondary N) is 1. The SMILES string of the molecule is O=C(Nc1cccc(Cl)c1)N1CCN(c2nc(-c3ccccc3)ns2)CC1. The Hall–Kier alpha value is -2.64. The average molecular weight is 400 g/mol. The number of nitrogens with zero attached hydrogens (tertiary/aromatic N) is 4. The number of amides is 2. The molecule has 1 saturated heterocycles. The highest BCUT2D eigenvalue weighted by Gasteiger charge is 2.23. The van der Waals surface area contributed by atoms with Crippen molar-refractivity contribution in [3.8, 4) is 11.4 Å². The van der Waals surface area contributed by atoms with Crippen LogP contribution in [0.15, 0.2) is 54.6 Å². The molecular weight excluding hydrogens is 382 g/mol. The first-order valence-electron chi connectivity index (χ1n) is 8.64. The van der Waals surface area contributed by atoms with Crippen molar-refractivity contribution >= 4 is 40.0 Å². The second-order valence-electron chi connectivity index (χ2n) is 6.18. The van der Waals surface area contributed by atoms with Crippen molar-refractivity contribution in [3.63, 3.8) is 0 Å². The maximum absolute atomic E-state index is 12.4. The van der Waals surface area contributed by atoms with Crippen LogP contribution < -0.4 is 10.2 Å². The first kappa shape index (κ1) is 17.8. The largest absolute Gasteiger partial charge is 0.343 e. The van der Waals surface area contributed by atoms with E-state index >= 15 is 0 Å². The van der Waals surface area contributed by atoms with Gasteiger partial charge in [0.15, 0.2) is 5.82 Å². The van der Waals surface area contributed by atoms with Gasteiger partial charge in [-0.15, -0.1) is 0 Å². The molecule has 1 aliphatic heterocycles. The highest BCUT2D eigenvalue weighted by molar-refractivity contribution is 7.09. The van der Waals surface area contributed by atoms with Crippen LogP contribution in [0.5, 0.6) is 0 Å². The van der Waals surface area contributed by atoms with Gasteiger partial charge >= 0.3 is 6.03 Å². The molecule has 0 aliphatic carbocycles. The van der Waals surface area contributed by atoms with E-state index in [1.807, 2.05) is 42.5 Å². The molecule has 6 nitrogen and oxygen atoms in total. The van der Waals surface area contributed by atoms with Crippen molar-refractivity contribution in [2.75, 3.05) is 36.4 Å². The zero-order chi connectivity index (χ0) is 18.6. The van der Waals surface area contributed by atoms with E-state index in [1.165, 1.54) is 11.5 Å². The number of hydrogen-bond donors (Lipinski definition) is 1. The monoisotopic (exact) mass is 399 g/mol. The third-order valence-corrected chi connectivity index (χ3v) is 5.37. The van der Waals surface area contributed by atoms with Crippen LogP contribution in [0.25, 0.3) is 11.4 Å². The van der Waals surface area contributed by atoms with Crippen molar-refractivity contribution in [1.82, 2.24) is 14.3 Å². The van der Waals surface area contributed by atoms with Crippen LogP contribution in [0.1, 0.15) is 0 Å². The van der Waals surface area contributed by atoms with E-state index in [4.69, 9.17) is 11.6 Å². The van der Waals surface area contributed by atoms with Crippen LogP contribution in [0.4, 0.5) is 15.6 Å². The Morgan fingerprint density at radius 2 is 1.81 bits per heavy atom. The second-order valence-corrected chi connectivity index (χ2v) is 7.35. The summed E-state index contributed by atoms with van der Waals surface area (Å²) in [6.07, 6.45) is 0. The number of carbonyl (C=O) groups excluding carboxylic acids is 1. The fraction of sp³-hybridized carbons (Fsp3) is 0.211. The smallest absolute Gasteiger partial charge is 0.321 e. The van der Waals surface area contributed by atoms with Gasteiger partial charge in [-0.3, -0.25) is 0 Å². The van der Waals surface area contributed by atoms with Crippen molar-refractivity contribution in [3.05, 3.63) is 59.6 Å². The topological polar surface area (TPSA) is 61.4 Å². The third-order valence-electron chi connectivity index (χ3n) is 4.36. The molecule has 27 heavy (non-hydrogen) atoms. The van der Waals surface area contributed by atoms with Gasteiger partial charge in [0.1, 0.15) is 0 Å². The lowest BCUT2D eigenvalue weighted by molar-refractivity contribution is 0.208. The second kappa shape index (κ2) is 7.94. The Morgan fingerprint density at radius 3 is 2.56 bits per heavy atom. The van der Waals surface area contributed by atoms with Crippen LogP contribution >= 0.6 is 23.1 Å².